The third kappa shape index (κ3) is 3.26. The summed E-state index contributed by atoms with van der Waals surface area (Å²) in [5.41, 5.74) is 0. The molecule has 2 atom stereocenters. The lowest BCUT2D eigenvalue weighted by atomic mass is 9.78. The van der Waals surface area contributed by atoms with E-state index >= 15 is 0 Å². The molecule has 0 radical (unpaired) electrons. The highest BCUT2D eigenvalue weighted by molar-refractivity contribution is 4.82. The predicted octanol–water partition coefficient (Wildman–Crippen LogP) is 2.76. The minimum absolute atomic E-state index is 0.235. The molecule has 1 nitrogen and oxygen atoms in total. The van der Waals surface area contributed by atoms with Crippen molar-refractivity contribution in [1.29, 1.82) is 0 Å². The summed E-state index contributed by atoms with van der Waals surface area (Å²) >= 11 is 0. The number of nitrogens with one attached hydrogen (secondary N) is 1. The van der Waals surface area contributed by atoms with Crippen molar-refractivity contribution in [3.05, 3.63) is 0 Å². The van der Waals surface area contributed by atoms with E-state index in [1.165, 1.54) is 25.7 Å². The third-order valence-electron chi connectivity index (χ3n) is 3.18. The monoisotopic (exact) mass is 187 g/mol. The van der Waals surface area contributed by atoms with E-state index in [1.807, 2.05) is 0 Å². The Bertz CT molecular complexity index is 136. The van der Waals surface area contributed by atoms with Crippen LogP contribution < -0.4 is 5.32 Å². The number of hydrogen-bond acceptors (Lipinski definition) is 1. The molecule has 2 unspecified atom stereocenters. The molecule has 1 saturated carbocycles. The SMILES string of the molecule is CC(C)C1CCCCC1NCCF. The van der Waals surface area contributed by atoms with Crippen molar-refractivity contribution < 1.29 is 4.39 Å². The number of rotatable bonds is 4. The third-order valence-corrected chi connectivity index (χ3v) is 3.18. The second kappa shape index (κ2) is 5.58. The summed E-state index contributed by atoms with van der Waals surface area (Å²) in [4.78, 5) is 0. The fourth-order valence-electron chi connectivity index (χ4n) is 2.45. The van der Waals surface area contributed by atoms with Crippen molar-refractivity contribution in [2.24, 2.45) is 11.8 Å². The van der Waals surface area contributed by atoms with E-state index < -0.39 is 0 Å². The van der Waals surface area contributed by atoms with Crippen LogP contribution in [0.25, 0.3) is 0 Å². The average molecular weight is 187 g/mol. The van der Waals surface area contributed by atoms with Gasteiger partial charge >= 0.3 is 0 Å². The molecule has 1 rings (SSSR count). The zero-order chi connectivity index (χ0) is 9.68. The van der Waals surface area contributed by atoms with Crippen molar-refractivity contribution >= 4 is 0 Å². The molecule has 1 aliphatic rings. The molecule has 0 aliphatic heterocycles. The van der Waals surface area contributed by atoms with E-state index in [-0.39, 0.29) is 6.67 Å². The molecule has 2 heteroatoms. The molecule has 0 aromatic carbocycles. The van der Waals surface area contributed by atoms with Gasteiger partial charge in [-0.1, -0.05) is 26.7 Å². The molecule has 1 aliphatic carbocycles. The number of hydrogen-bond donors (Lipinski definition) is 1. The van der Waals surface area contributed by atoms with Gasteiger partial charge in [-0.3, -0.25) is 0 Å². The maximum Gasteiger partial charge on any atom is 0.102 e. The first-order valence-electron chi connectivity index (χ1n) is 5.55. The highest BCUT2D eigenvalue weighted by Gasteiger charge is 2.26. The molecule has 0 aromatic rings. The second-order valence-corrected chi connectivity index (χ2v) is 4.44. The Hall–Kier alpha value is -0.110. The van der Waals surface area contributed by atoms with Crippen LogP contribution in [0.15, 0.2) is 0 Å². The zero-order valence-electron chi connectivity index (χ0n) is 8.85. The summed E-state index contributed by atoms with van der Waals surface area (Å²) in [5.74, 6) is 1.50. The Morgan fingerprint density at radius 2 is 2.00 bits per heavy atom. The molecule has 78 valence electrons. The van der Waals surface area contributed by atoms with Gasteiger partial charge in [0.25, 0.3) is 0 Å². The normalized spacial score (nSPS) is 29.5. The molecule has 0 saturated heterocycles. The Labute approximate surface area is 81.1 Å². The van der Waals surface area contributed by atoms with Crippen LogP contribution in [-0.4, -0.2) is 19.3 Å². The highest BCUT2D eigenvalue weighted by Crippen LogP contribution is 2.29. The summed E-state index contributed by atoms with van der Waals surface area (Å²) in [7, 11) is 0. The molecule has 0 aromatic heterocycles. The van der Waals surface area contributed by atoms with E-state index in [0.29, 0.717) is 12.6 Å². The molecule has 1 fully saturated rings. The number of halogens is 1. The van der Waals surface area contributed by atoms with Gasteiger partial charge in [0.05, 0.1) is 0 Å². The van der Waals surface area contributed by atoms with Gasteiger partial charge in [0, 0.05) is 12.6 Å². The summed E-state index contributed by atoms with van der Waals surface area (Å²) in [5, 5.41) is 3.33. The van der Waals surface area contributed by atoms with E-state index in [4.69, 9.17) is 0 Å². The lowest BCUT2D eigenvalue weighted by Gasteiger charge is -2.34. The first-order valence-corrected chi connectivity index (χ1v) is 5.55. The van der Waals surface area contributed by atoms with Gasteiger partial charge in [0.15, 0.2) is 0 Å². The molecular formula is C11H22FN. The van der Waals surface area contributed by atoms with E-state index in [1.54, 1.807) is 0 Å². The minimum Gasteiger partial charge on any atom is -0.311 e. The molecular weight excluding hydrogens is 165 g/mol. The molecule has 0 spiro atoms. The molecule has 0 amide bonds. The average Bonchev–Trinajstić information content (AvgIpc) is 2.15. The Balaban J connectivity index is 2.37. The second-order valence-electron chi connectivity index (χ2n) is 4.44. The van der Waals surface area contributed by atoms with Crippen molar-refractivity contribution in [2.75, 3.05) is 13.2 Å². The Morgan fingerprint density at radius 1 is 1.31 bits per heavy atom. The van der Waals surface area contributed by atoms with Gasteiger partial charge in [-0.25, -0.2) is 4.39 Å². The maximum atomic E-state index is 12.0. The Morgan fingerprint density at radius 3 is 2.62 bits per heavy atom. The van der Waals surface area contributed by atoms with E-state index in [9.17, 15) is 4.39 Å². The van der Waals surface area contributed by atoms with E-state index in [0.717, 1.165) is 11.8 Å². The fraction of sp³-hybridized carbons (Fsp3) is 1.00. The summed E-state index contributed by atoms with van der Waals surface area (Å²) in [6.45, 7) is 4.86. The van der Waals surface area contributed by atoms with Crippen molar-refractivity contribution in [1.82, 2.24) is 5.32 Å². The van der Waals surface area contributed by atoms with Crippen LogP contribution in [0, 0.1) is 11.8 Å². The largest absolute Gasteiger partial charge is 0.311 e. The highest BCUT2D eigenvalue weighted by atomic mass is 19.1. The lowest BCUT2D eigenvalue weighted by Crippen LogP contribution is -2.41. The zero-order valence-corrected chi connectivity index (χ0v) is 8.85. The van der Waals surface area contributed by atoms with Crippen LogP contribution in [0.5, 0.6) is 0 Å². The van der Waals surface area contributed by atoms with Crippen LogP contribution in [-0.2, 0) is 0 Å². The van der Waals surface area contributed by atoms with Crippen LogP contribution in [0.1, 0.15) is 39.5 Å². The minimum atomic E-state index is -0.235. The Kier molecular flexibility index (Phi) is 4.71. The molecule has 1 N–H and O–H groups in total. The van der Waals surface area contributed by atoms with Gasteiger partial charge < -0.3 is 5.32 Å². The van der Waals surface area contributed by atoms with Gasteiger partial charge in [0.1, 0.15) is 6.67 Å². The van der Waals surface area contributed by atoms with Crippen molar-refractivity contribution in [3.63, 3.8) is 0 Å². The quantitative estimate of drug-likeness (QED) is 0.713. The van der Waals surface area contributed by atoms with Crippen LogP contribution >= 0.6 is 0 Å². The maximum absolute atomic E-state index is 12.0. The standard InChI is InChI=1S/C11H22FN/c1-9(2)10-5-3-4-6-11(10)13-8-7-12/h9-11,13H,3-8H2,1-2H3. The summed E-state index contributed by atoms with van der Waals surface area (Å²) < 4.78 is 12.0. The summed E-state index contributed by atoms with van der Waals surface area (Å²) in [6, 6.07) is 0.574. The van der Waals surface area contributed by atoms with Crippen LogP contribution in [0.2, 0.25) is 0 Å². The molecule has 13 heavy (non-hydrogen) atoms. The van der Waals surface area contributed by atoms with Crippen LogP contribution in [0.4, 0.5) is 4.39 Å². The lowest BCUT2D eigenvalue weighted by molar-refractivity contribution is 0.203. The smallest absolute Gasteiger partial charge is 0.102 e. The topological polar surface area (TPSA) is 12.0 Å². The summed E-state index contributed by atoms with van der Waals surface area (Å²) in [6.07, 6.45) is 5.23. The van der Waals surface area contributed by atoms with Crippen molar-refractivity contribution in [2.45, 2.75) is 45.6 Å². The molecule has 0 heterocycles. The number of alkyl halides is 1. The van der Waals surface area contributed by atoms with E-state index in [2.05, 4.69) is 19.2 Å². The van der Waals surface area contributed by atoms with Gasteiger partial charge in [0.2, 0.25) is 0 Å². The fourth-order valence-corrected chi connectivity index (χ4v) is 2.45. The van der Waals surface area contributed by atoms with Crippen molar-refractivity contribution in [3.8, 4) is 0 Å². The first kappa shape index (κ1) is 11.0. The van der Waals surface area contributed by atoms with Crippen LogP contribution in [0.3, 0.4) is 0 Å². The first-order chi connectivity index (χ1) is 6.25. The molecule has 0 bridgehead atoms. The predicted molar refractivity (Wildman–Crippen MR) is 54.6 cm³/mol. The van der Waals surface area contributed by atoms with Gasteiger partial charge in [-0.15, -0.1) is 0 Å². The van der Waals surface area contributed by atoms with Gasteiger partial charge in [-0.05, 0) is 24.7 Å². The van der Waals surface area contributed by atoms with Gasteiger partial charge in [-0.2, -0.15) is 0 Å².